The van der Waals surface area contributed by atoms with E-state index in [1.807, 2.05) is 18.2 Å². The van der Waals surface area contributed by atoms with Crippen LogP contribution < -0.4 is 9.47 Å². The van der Waals surface area contributed by atoms with Crippen molar-refractivity contribution in [3.05, 3.63) is 29.3 Å². The van der Waals surface area contributed by atoms with Gasteiger partial charge in [-0.15, -0.1) is 0 Å². The summed E-state index contributed by atoms with van der Waals surface area (Å²) in [5.74, 6) is 0.0256. The summed E-state index contributed by atoms with van der Waals surface area (Å²) < 4.78 is 10.4. The number of fused-ring (bicyclic) bond motifs is 1. The van der Waals surface area contributed by atoms with Crippen LogP contribution in [0, 0.1) is 5.92 Å². The molecular formula is C13H14O4. The standard InChI is InChI=1S/C13H14O4/c1-16-11-6-8-3-4-9(13(14)15)5-10(8)7-12(11)17-2/h3-4,6-7,9H,5H2,1-2H3,(H,14,15). The maximum Gasteiger partial charge on any atom is 0.310 e. The van der Waals surface area contributed by atoms with Gasteiger partial charge in [-0.3, -0.25) is 4.79 Å². The molecule has 0 spiro atoms. The topological polar surface area (TPSA) is 55.8 Å². The fourth-order valence-corrected chi connectivity index (χ4v) is 1.96. The van der Waals surface area contributed by atoms with E-state index < -0.39 is 11.9 Å². The number of methoxy groups -OCH3 is 2. The minimum Gasteiger partial charge on any atom is -0.493 e. The molecule has 0 fully saturated rings. The first kappa shape index (κ1) is 11.5. The summed E-state index contributed by atoms with van der Waals surface area (Å²) in [6.45, 7) is 0. The molecule has 0 saturated carbocycles. The molecule has 90 valence electrons. The van der Waals surface area contributed by atoms with E-state index in [0.29, 0.717) is 17.9 Å². The summed E-state index contributed by atoms with van der Waals surface area (Å²) in [4.78, 5) is 10.9. The molecule has 1 unspecified atom stereocenters. The van der Waals surface area contributed by atoms with Gasteiger partial charge in [0.2, 0.25) is 0 Å². The quantitative estimate of drug-likeness (QED) is 0.868. The van der Waals surface area contributed by atoms with Crippen molar-refractivity contribution in [1.29, 1.82) is 0 Å². The van der Waals surface area contributed by atoms with Gasteiger partial charge in [0, 0.05) is 0 Å². The smallest absolute Gasteiger partial charge is 0.310 e. The molecule has 1 N–H and O–H groups in total. The molecule has 0 heterocycles. The molecule has 4 heteroatoms. The molecule has 1 atom stereocenters. The van der Waals surface area contributed by atoms with E-state index in [4.69, 9.17) is 14.6 Å². The number of benzene rings is 1. The highest BCUT2D eigenvalue weighted by Gasteiger charge is 2.21. The second-order valence-corrected chi connectivity index (χ2v) is 3.91. The molecule has 0 amide bonds. The lowest BCUT2D eigenvalue weighted by Gasteiger charge is -2.18. The second-order valence-electron chi connectivity index (χ2n) is 3.91. The van der Waals surface area contributed by atoms with Crippen LogP contribution in [-0.4, -0.2) is 25.3 Å². The lowest BCUT2D eigenvalue weighted by molar-refractivity contribution is -0.140. The van der Waals surface area contributed by atoms with E-state index >= 15 is 0 Å². The van der Waals surface area contributed by atoms with Crippen LogP contribution in [-0.2, 0) is 11.2 Å². The van der Waals surface area contributed by atoms with E-state index in [1.54, 1.807) is 20.3 Å². The van der Waals surface area contributed by atoms with Crippen molar-refractivity contribution in [3.8, 4) is 11.5 Å². The summed E-state index contributed by atoms with van der Waals surface area (Å²) in [5, 5.41) is 8.98. The number of aliphatic carboxylic acids is 1. The first-order valence-electron chi connectivity index (χ1n) is 5.31. The molecule has 0 aromatic heterocycles. The Bertz CT molecular complexity index is 477. The molecule has 17 heavy (non-hydrogen) atoms. The number of hydrogen-bond donors (Lipinski definition) is 1. The molecule has 0 bridgehead atoms. The van der Waals surface area contributed by atoms with Gasteiger partial charge in [-0.1, -0.05) is 12.2 Å². The molecule has 1 aliphatic rings. The Hall–Kier alpha value is -1.97. The van der Waals surface area contributed by atoms with Crippen molar-refractivity contribution in [2.24, 2.45) is 5.92 Å². The van der Waals surface area contributed by atoms with Gasteiger partial charge in [0.25, 0.3) is 0 Å². The SMILES string of the molecule is COc1cc2c(cc1OC)CC(C(=O)O)C=C2. The van der Waals surface area contributed by atoms with Gasteiger partial charge in [0.15, 0.2) is 11.5 Å². The molecule has 2 rings (SSSR count). The number of carboxylic acid groups (broad SMARTS) is 1. The van der Waals surface area contributed by atoms with E-state index in [2.05, 4.69) is 0 Å². The van der Waals surface area contributed by atoms with Crippen LogP contribution in [0.4, 0.5) is 0 Å². The Kier molecular flexibility index (Phi) is 3.04. The van der Waals surface area contributed by atoms with Gasteiger partial charge in [-0.05, 0) is 29.7 Å². The monoisotopic (exact) mass is 234 g/mol. The van der Waals surface area contributed by atoms with Crippen LogP contribution >= 0.6 is 0 Å². The predicted octanol–water partition coefficient (Wildman–Crippen LogP) is 1.97. The van der Waals surface area contributed by atoms with Crippen molar-refractivity contribution in [2.45, 2.75) is 6.42 Å². The summed E-state index contributed by atoms with van der Waals surface area (Å²) in [6.07, 6.45) is 4.01. The number of hydrogen-bond acceptors (Lipinski definition) is 3. The lowest BCUT2D eigenvalue weighted by Crippen LogP contribution is -2.17. The van der Waals surface area contributed by atoms with Crippen molar-refractivity contribution in [3.63, 3.8) is 0 Å². The summed E-state index contributed by atoms with van der Waals surface area (Å²) >= 11 is 0. The summed E-state index contributed by atoms with van der Waals surface area (Å²) in [5.41, 5.74) is 1.96. The molecule has 0 saturated heterocycles. The van der Waals surface area contributed by atoms with Gasteiger partial charge in [0.05, 0.1) is 20.1 Å². The lowest BCUT2D eigenvalue weighted by atomic mass is 9.89. The zero-order valence-corrected chi connectivity index (χ0v) is 9.77. The van der Waals surface area contributed by atoms with Crippen LogP contribution in [0.1, 0.15) is 11.1 Å². The van der Waals surface area contributed by atoms with Gasteiger partial charge >= 0.3 is 5.97 Å². The third kappa shape index (κ3) is 2.11. The fraction of sp³-hybridized carbons (Fsp3) is 0.308. The number of rotatable bonds is 3. The molecule has 1 aliphatic carbocycles. The van der Waals surface area contributed by atoms with Crippen LogP contribution in [0.15, 0.2) is 18.2 Å². The fourth-order valence-electron chi connectivity index (χ4n) is 1.96. The number of ether oxygens (including phenoxy) is 2. The van der Waals surface area contributed by atoms with Gasteiger partial charge in [0.1, 0.15) is 0 Å². The van der Waals surface area contributed by atoms with E-state index in [9.17, 15) is 4.79 Å². The summed E-state index contributed by atoms with van der Waals surface area (Å²) in [7, 11) is 3.15. The predicted molar refractivity (Wildman–Crippen MR) is 63.4 cm³/mol. The maximum absolute atomic E-state index is 10.9. The van der Waals surface area contributed by atoms with E-state index in [1.165, 1.54) is 0 Å². The minimum atomic E-state index is -0.804. The minimum absolute atomic E-state index is 0.458. The molecule has 0 radical (unpaired) electrons. The maximum atomic E-state index is 10.9. The normalized spacial score (nSPS) is 17.4. The molecular weight excluding hydrogens is 220 g/mol. The molecule has 1 aromatic rings. The Morgan fingerprint density at radius 2 is 1.94 bits per heavy atom. The van der Waals surface area contributed by atoms with Crippen LogP contribution in [0.5, 0.6) is 11.5 Å². The second kappa shape index (κ2) is 4.49. The number of carbonyl (C=O) groups is 1. The zero-order valence-electron chi connectivity index (χ0n) is 9.77. The third-order valence-electron chi connectivity index (χ3n) is 2.91. The summed E-state index contributed by atoms with van der Waals surface area (Å²) in [6, 6.07) is 3.70. The molecule has 4 nitrogen and oxygen atoms in total. The van der Waals surface area contributed by atoms with Crippen molar-refractivity contribution in [1.82, 2.24) is 0 Å². The first-order valence-corrected chi connectivity index (χ1v) is 5.31. The van der Waals surface area contributed by atoms with Crippen molar-refractivity contribution in [2.75, 3.05) is 14.2 Å². The highest BCUT2D eigenvalue weighted by atomic mass is 16.5. The van der Waals surface area contributed by atoms with E-state index in [-0.39, 0.29) is 0 Å². The van der Waals surface area contributed by atoms with E-state index in [0.717, 1.165) is 11.1 Å². The Balaban J connectivity index is 2.41. The highest BCUT2D eigenvalue weighted by molar-refractivity contribution is 5.77. The van der Waals surface area contributed by atoms with Gasteiger partial charge in [-0.25, -0.2) is 0 Å². The molecule has 1 aromatic carbocycles. The Morgan fingerprint density at radius 1 is 1.29 bits per heavy atom. The van der Waals surface area contributed by atoms with Crippen molar-refractivity contribution >= 4 is 12.0 Å². The third-order valence-corrected chi connectivity index (χ3v) is 2.91. The van der Waals surface area contributed by atoms with Gasteiger partial charge in [-0.2, -0.15) is 0 Å². The average Bonchev–Trinajstić information content (AvgIpc) is 2.36. The average molecular weight is 234 g/mol. The largest absolute Gasteiger partial charge is 0.493 e. The Morgan fingerprint density at radius 3 is 2.53 bits per heavy atom. The van der Waals surface area contributed by atoms with Crippen molar-refractivity contribution < 1.29 is 19.4 Å². The highest BCUT2D eigenvalue weighted by Crippen LogP contribution is 2.34. The Labute approximate surface area is 99.5 Å². The number of carboxylic acids is 1. The van der Waals surface area contributed by atoms with Crippen LogP contribution in [0.2, 0.25) is 0 Å². The van der Waals surface area contributed by atoms with Crippen LogP contribution in [0.25, 0.3) is 6.08 Å². The molecule has 0 aliphatic heterocycles. The first-order chi connectivity index (χ1) is 8.15. The van der Waals surface area contributed by atoms with Crippen LogP contribution in [0.3, 0.4) is 0 Å². The zero-order chi connectivity index (χ0) is 12.4. The van der Waals surface area contributed by atoms with Gasteiger partial charge < -0.3 is 14.6 Å².